The second-order valence-electron chi connectivity index (χ2n) is 12.9. The van der Waals surface area contributed by atoms with Crippen LogP contribution in [0.1, 0.15) is 0 Å². The number of fused-ring (bicyclic) bond motifs is 7. The van der Waals surface area contributed by atoms with Gasteiger partial charge in [-0.1, -0.05) is 146 Å². The van der Waals surface area contributed by atoms with Crippen LogP contribution < -0.4 is 4.90 Å². The van der Waals surface area contributed by atoms with Gasteiger partial charge in [-0.3, -0.25) is 0 Å². The molecule has 2 heteroatoms. The number of anilines is 3. The third-order valence-corrected chi connectivity index (χ3v) is 9.99. The molecule has 0 saturated heterocycles. The van der Waals surface area contributed by atoms with Gasteiger partial charge in [-0.05, 0) is 91.5 Å². The van der Waals surface area contributed by atoms with Crippen LogP contribution in [0, 0.1) is 0 Å². The quantitative estimate of drug-likeness (QED) is 0.187. The van der Waals surface area contributed by atoms with Crippen LogP contribution in [0.15, 0.2) is 192 Å². The second-order valence-corrected chi connectivity index (χ2v) is 12.9. The predicted octanol–water partition coefficient (Wildman–Crippen LogP) is 13.8. The highest BCUT2D eigenvalue weighted by atomic mass is 16.3. The zero-order chi connectivity index (χ0) is 33.0. The Kier molecular flexibility index (Phi) is 6.53. The van der Waals surface area contributed by atoms with Gasteiger partial charge in [0.05, 0.1) is 11.1 Å². The van der Waals surface area contributed by atoms with Gasteiger partial charge in [0.1, 0.15) is 11.2 Å². The van der Waals surface area contributed by atoms with Gasteiger partial charge in [-0.25, -0.2) is 0 Å². The van der Waals surface area contributed by atoms with Crippen molar-refractivity contribution in [3.63, 3.8) is 0 Å². The molecule has 50 heavy (non-hydrogen) atoms. The minimum Gasteiger partial charge on any atom is -0.455 e. The van der Waals surface area contributed by atoms with E-state index in [0.29, 0.717) is 0 Å². The maximum absolute atomic E-state index is 6.94. The van der Waals surface area contributed by atoms with Crippen LogP contribution in [-0.4, -0.2) is 0 Å². The van der Waals surface area contributed by atoms with Crippen LogP contribution in [-0.2, 0) is 0 Å². The molecule has 0 aliphatic heterocycles. The normalized spacial score (nSPS) is 11.6. The highest BCUT2D eigenvalue weighted by Crippen LogP contribution is 2.48. The van der Waals surface area contributed by atoms with Crippen LogP contribution in [0.3, 0.4) is 0 Å². The van der Waals surface area contributed by atoms with Crippen molar-refractivity contribution in [1.29, 1.82) is 0 Å². The first-order valence-corrected chi connectivity index (χ1v) is 17.1. The number of rotatable bonds is 5. The third-order valence-electron chi connectivity index (χ3n) is 9.99. The summed E-state index contributed by atoms with van der Waals surface area (Å²) in [5.41, 5.74) is 9.64. The van der Waals surface area contributed by atoms with E-state index in [-0.39, 0.29) is 0 Å². The molecule has 0 bridgehead atoms. The van der Waals surface area contributed by atoms with Crippen molar-refractivity contribution in [2.75, 3.05) is 4.90 Å². The number of furan rings is 1. The summed E-state index contributed by atoms with van der Waals surface area (Å²) in [4.78, 5) is 2.40. The lowest BCUT2D eigenvalue weighted by molar-refractivity contribution is 0.670. The molecule has 0 aliphatic rings. The molecule has 0 fully saturated rings. The number of nitrogens with zero attached hydrogens (tertiary/aromatic N) is 1. The molecule has 10 rings (SSSR count). The Morgan fingerprint density at radius 3 is 1.60 bits per heavy atom. The fourth-order valence-electron chi connectivity index (χ4n) is 7.58. The van der Waals surface area contributed by atoms with E-state index in [0.717, 1.165) is 50.1 Å². The van der Waals surface area contributed by atoms with Crippen molar-refractivity contribution >= 4 is 71.3 Å². The van der Waals surface area contributed by atoms with Crippen LogP contribution in [0.2, 0.25) is 0 Å². The molecule has 0 radical (unpaired) electrons. The molecule has 0 unspecified atom stereocenters. The van der Waals surface area contributed by atoms with Crippen LogP contribution in [0.5, 0.6) is 0 Å². The molecule has 234 valence electrons. The average Bonchev–Trinajstić information content (AvgIpc) is 3.59. The molecule has 9 aromatic carbocycles. The maximum Gasteiger partial charge on any atom is 0.143 e. The highest BCUT2D eigenvalue weighted by Gasteiger charge is 2.23. The molecule has 1 aromatic heterocycles. The van der Waals surface area contributed by atoms with E-state index in [4.69, 9.17) is 4.42 Å². The fourth-order valence-corrected chi connectivity index (χ4v) is 7.58. The van der Waals surface area contributed by atoms with E-state index < -0.39 is 0 Å². The number of hydrogen-bond acceptors (Lipinski definition) is 2. The standard InChI is InChI=1S/C48H31NO/c1-2-11-32(12-3-1)35-21-23-36(24-22-35)43-31-39-17-8-9-18-42(39)46-47-44(19-10-20-45(47)50-48(43)46)49(40-27-25-33-13-4-6-15-37(33)29-40)41-28-26-34-14-5-7-16-38(34)30-41/h1-31H. The van der Waals surface area contributed by atoms with Crippen molar-refractivity contribution in [1.82, 2.24) is 0 Å². The molecule has 0 saturated carbocycles. The molecule has 0 amide bonds. The molecular weight excluding hydrogens is 607 g/mol. The summed E-state index contributed by atoms with van der Waals surface area (Å²) >= 11 is 0. The van der Waals surface area contributed by atoms with Gasteiger partial charge in [-0.2, -0.15) is 0 Å². The zero-order valence-corrected chi connectivity index (χ0v) is 27.3. The first-order valence-electron chi connectivity index (χ1n) is 17.1. The summed E-state index contributed by atoms with van der Waals surface area (Å²) in [6.45, 7) is 0. The summed E-state index contributed by atoms with van der Waals surface area (Å²) < 4.78 is 6.94. The topological polar surface area (TPSA) is 16.4 Å². The zero-order valence-electron chi connectivity index (χ0n) is 27.3. The largest absolute Gasteiger partial charge is 0.455 e. The van der Waals surface area contributed by atoms with Gasteiger partial charge in [0.25, 0.3) is 0 Å². The Morgan fingerprint density at radius 2 is 0.920 bits per heavy atom. The van der Waals surface area contributed by atoms with Gasteiger partial charge in [0, 0.05) is 22.3 Å². The summed E-state index contributed by atoms with van der Waals surface area (Å²) in [6.07, 6.45) is 0. The van der Waals surface area contributed by atoms with E-state index in [1.807, 2.05) is 0 Å². The lowest BCUT2D eigenvalue weighted by Crippen LogP contribution is -2.10. The van der Waals surface area contributed by atoms with Crippen LogP contribution in [0.25, 0.3) is 76.5 Å². The van der Waals surface area contributed by atoms with E-state index in [2.05, 4.69) is 193 Å². The van der Waals surface area contributed by atoms with Crippen LogP contribution in [0.4, 0.5) is 17.1 Å². The molecule has 2 nitrogen and oxygen atoms in total. The molecule has 1 heterocycles. The molecule has 0 spiro atoms. The number of hydrogen-bond donors (Lipinski definition) is 0. The SMILES string of the molecule is c1ccc(-c2ccc(-c3cc4ccccc4c4c3oc3cccc(N(c5ccc6ccccc6c5)c5ccc6ccccc6c5)c34)cc2)cc1. The summed E-state index contributed by atoms with van der Waals surface area (Å²) in [5.74, 6) is 0. The van der Waals surface area contributed by atoms with Crippen molar-refractivity contribution < 1.29 is 4.42 Å². The molecule has 0 aliphatic carbocycles. The van der Waals surface area contributed by atoms with Crippen molar-refractivity contribution in [2.24, 2.45) is 0 Å². The lowest BCUT2D eigenvalue weighted by atomic mass is 9.94. The minimum atomic E-state index is 0.864. The van der Waals surface area contributed by atoms with E-state index in [1.165, 1.54) is 43.4 Å². The average molecular weight is 638 g/mol. The van der Waals surface area contributed by atoms with Gasteiger partial charge < -0.3 is 9.32 Å². The molecular formula is C48H31NO. The Hall–Kier alpha value is -6.64. The Balaban J connectivity index is 1.25. The van der Waals surface area contributed by atoms with Gasteiger partial charge >= 0.3 is 0 Å². The molecule has 0 N–H and O–H groups in total. The lowest BCUT2D eigenvalue weighted by Gasteiger charge is -2.27. The second kappa shape index (κ2) is 11.5. The van der Waals surface area contributed by atoms with Crippen LogP contribution >= 0.6 is 0 Å². The van der Waals surface area contributed by atoms with E-state index in [1.54, 1.807) is 0 Å². The highest BCUT2D eigenvalue weighted by molar-refractivity contribution is 6.26. The molecule has 0 atom stereocenters. The number of benzene rings is 9. The van der Waals surface area contributed by atoms with E-state index in [9.17, 15) is 0 Å². The van der Waals surface area contributed by atoms with Crippen molar-refractivity contribution in [2.45, 2.75) is 0 Å². The maximum atomic E-state index is 6.94. The first kappa shape index (κ1) is 28.4. The Labute approximate surface area is 290 Å². The fraction of sp³-hybridized carbons (Fsp3) is 0. The predicted molar refractivity (Wildman–Crippen MR) is 212 cm³/mol. The van der Waals surface area contributed by atoms with E-state index >= 15 is 0 Å². The summed E-state index contributed by atoms with van der Waals surface area (Å²) in [6, 6.07) is 67.4. The minimum absolute atomic E-state index is 0.864. The third kappa shape index (κ3) is 4.65. The first-order chi connectivity index (χ1) is 24.8. The summed E-state index contributed by atoms with van der Waals surface area (Å²) in [5, 5.41) is 9.42. The van der Waals surface area contributed by atoms with Gasteiger partial charge in [0.15, 0.2) is 0 Å². The monoisotopic (exact) mass is 637 g/mol. The van der Waals surface area contributed by atoms with Gasteiger partial charge in [-0.15, -0.1) is 0 Å². The molecule has 10 aromatic rings. The summed E-state index contributed by atoms with van der Waals surface area (Å²) in [7, 11) is 0. The Bertz CT molecular complexity index is 2790. The Morgan fingerprint density at radius 1 is 0.360 bits per heavy atom. The smallest absolute Gasteiger partial charge is 0.143 e. The van der Waals surface area contributed by atoms with Crippen molar-refractivity contribution in [3.05, 3.63) is 188 Å². The van der Waals surface area contributed by atoms with Gasteiger partial charge in [0.2, 0.25) is 0 Å². The van der Waals surface area contributed by atoms with Crippen molar-refractivity contribution in [3.8, 4) is 22.3 Å².